The van der Waals surface area contributed by atoms with Crippen LogP contribution in [0.3, 0.4) is 0 Å². The van der Waals surface area contributed by atoms with Gasteiger partial charge in [-0.3, -0.25) is 9.48 Å². The van der Waals surface area contributed by atoms with Gasteiger partial charge in [-0.1, -0.05) is 0 Å². The molecule has 5 heteroatoms. The Labute approximate surface area is 146 Å². The fraction of sp³-hybridized carbons (Fsp3) is 0.778. The summed E-state index contributed by atoms with van der Waals surface area (Å²) in [6, 6.07) is 0. The van der Waals surface area contributed by atoms with E-state index in [4.69, 9.17) is 0 Å². The van der Waals surface area contributed by atoms with Gasteiger partial charge in [-0.2, -0.15) is 5.10 Å². The van der Waals surface area contributed by atoms with Gasteiger partial charge in [0.25, 0.3) is 0 Å². The summed E-state index contributed by atoms with van der Waals surface area (Å²) in [7, 11) is 0. The van der Waals surface area contributed by atoms with Crippen molar-refractivity contribution < 1.29 is 4.79 Å². The molecule has 4 bridgehead atoms. The molecule has 0 aliphatic heterocycles. The zero-order valence-electron chi connectivity index (χ0n) is 13.9. The number of nitrogens with one attached hydrogen (secondary N) is 1. The van der Waals surface area contributed by atoms with Crippen molar-refractivity contribution in [2.75, 3.05) is 0 Å². The third-order valence-electron chi connectivity index (χ3n) is 6.26. The Morgan fingerprint density at radius 3 is 2.43 bits per heavy atom. The van der Waals surface area contributed by atoms with Crippen LogP contribution in [0, 0.1) is 23.2 Å². The van der Waals surface area contributed by atoms with E-state index < -0.39 is 0 Å². The second-order valence-corrected chi connectivity index (χ2v) is 9.00. The Morgan fingerprint density at radius 1 is 1.30 bits per heavy atom. The van der Waals surface area contributed by atoms with Gasteiger partial charge in [0.1, 0.15) is 0 Å². The highest BCUT2D eigenvalue weighted by Crippen LogP contribution is 2.61. The van der Waals surface area contributed by atoms with E-state index in [-0.39, 0.29) is 5.91 Å². The zero-order valence-corrected chi connectivity index (χ0v) is 15.4. The number of rotatable bonds is 5. The van der Waals surface area contributed by atoms with E-state index in [1.807, 2.05) is 10.9 Å². The molecule has 4 aliphatic rings. The van der Waals surface area contributed by atoms with Crippen LogP contribution in [-0.4, -0.2) is 15.7 Å². The lowest BCUT2D eigenvalue weighted by molar-refractivity contribution is -0.129. The molecular formula is C18H26BrN3O. The minimum Gasteiger partial charge on any atom is -0.350 e. The molecule has 1 heterocycles. The number of hydrogen-bond donors (Lipinski definition) is 1. The summed E-state index contributed by atoms with van der Waals surface area (Å²) in [6.07, 6.45) is 10.9. The predicted molar refractivity (Wildman–Crippen MR) is 92.7 cm³/mol. The summed E-state index contributed by atoms with van der Waals surface area (Å²) in [5.41, 5.74) is 1.24. The van der Waals surface area contributed by atoms with Crippen LogP contribution in [-0.2, 0) is 17.9 Å². The maximum Gasteiger partial charge on any atom is 0.220 e. The molecule has 0 atom stereocenters. The van der Waals surface area contributed by atoms with Crippen LogP contribution >= 0.6 is 15.9 Å². The quantitative estimate of drug-likeness (QED) is 0.843. The monoisotopic (exact) mass is 379 g/mol. The average Bonchev–Trinajstić information content (AvgIpc) is 2.83. The van der Waals surface area contributed by atoms with Crippen LogP contribution in [0.2, 0.25) is 0 Å². The van der Waals surface area contributed by atoms with Crippen molar-refractivity contribution in [3.05, 3.63) is 16.4 Å². The highest BCUT2D eigenvalue weighted by atomic mass is 79.9. The van der Waals surface area contributed by atoms with Gasteiger partial charge in [0.15, 0.2) is 0 Å². The molecule has 4 aliphatic carbocycles. The number of halogens is 1. The first-order valence-electron chi connectivity index (χ1n) is 9.04. The van der Waals surface area contributed by atoms with E-state index in [0.717, 1.165) is 40.9 Å². The van der Waals surface area contributed by atoms with Crippen molar-refractivity contribution in [1.29, 1.82) is 0 Å². The molecule has 1 N–H and O–H groups in total. The molecular weight excluding hydrogens is 354 g/mol. The van der Waals surface area contributed by atoms with Crippen molar-refractivity contribution in [2.24, 2.45) is 23.2 Å². The molecule has 0 saturated heterocycles. The molecule has 4 nitrogen and oxygen atoms in total. The van der Waals surface area contributed by atoms with E-state index in [1.54, 1.807) is 0 Å². The summed E-state index contributed by atoms with van der Waals surface area (Å²) in [4.78, 5) is 12.5. The molecule has 23 heavy (non-hydrogen) atoms. The third kappa shape index (κ3) is 3.09. The topological polar surface area (TPSA) is 46.9 Å². The van der Waals surface area contributed by atoms with Crippen molar-refractivity contribution in [1.82, 2.24) is 15.1 Å². The number of hydrogen-bond acceptors (Lipinski definition) is 2. The average molecular weight is 380 g/mol. The van der Waals surface area contributed by atoms with Gasteiger partial charge in [0.2, 0.25) is 5.91 Å². The van der Waals surface area contributed by atoms with E-state index in [2.05, 4.69) is 33.3 Å². The van der Waals surface area contributed by atoms with Crippen LogP contribution in [0.4, 0.5) is 0 Å². The summed E-state index contributed by atoms with van der Waals surface area (Å²) >= 11 is 3.53. The first-order valence-corrected chi connectivity index (χ1v) is 9.83. The Kier molecular flexibility index (Phi) is 4.02. The van der Waals surface area contributed by atoms with E-state index in [0.29, 0.717) is 12.0 Å². The zero-order chi connectivity index (χ0) is 16.0. The van der Waals surface area contributed by atoms with Crippen LogP contribution in [0.15, 0.2) is 10.7 Å². The summed E-state index contributed by atoms with van der Waals surface area (Å²) in [6.45, 7) is 3.44. The van der Waals surface area contributed by atoms with E-state index in [1.165, 1.54) is 38.5 Å². The van der Waals surface area contributed by atoms with E-state index in [9.17, 15) is 4.79 Å². The Hall–Kier alpha value is -0.840. The Morgan fingerprint density at radius 2 is 1.91 bits per heavy atom. The van der Waals surface area contributed by atoms with Gasteiger partial charge < -0.3 is 5.32 Å². The fourth-order valence-electron chi connectivity index (χ4n) is 5.81. The van der Waals surface area contributed by atoms with Crippen LogP contribution in [0.5, 0.6) is 0 Å². The standard InChI is InChI=1S/C18H26BrN3O/c1-2-22-11-15(19)16(21-22)10-20-17(23)9-18-6-12-3-13(7-18)5-14(4-12)8-18/h11-14H,2-10H2,1H3,(H,20,23). The highest BCUT2D eigenvalue weighted by Gasteiger charge is 2.51. The number of aromatic nitrogens is 2. The molecule has 1 aromatic heterocycles. The molecule has 0 aromatic carbocycles. The lowest BCUT2D eigenvalue weighted by Crippen LogP contribution is -2.47. The van der Waals surface area contributed by atoms with Gasteiger partial charge >= 0.3 is 0 Å². The number of nitrogens with zero attached hydrogens (tertiary/aromatic N) is 2. The van der Waals surface area contributed by atoms with Crippen molar-refractivity contribution in [3.8, 4) is 0 Å². The molecule has 0 spiro atoms. The Balaban J connectivity index is 1.36. The van der Waals surface area contributed by atoms with Gasteiger partial charge in [-0.25, -0.2) is 0 Å². The maximum absolute atomic E-state index is 12.5. The maximum atomic E-state index is 12.5. The van der Waals surface area contributed by atoms with Crippen molar-refractivity contribution in [3.63, 3.8) is 0 Å². The second kappa shape index (κ2) is 5.91. The number of carbonyl (C=O) groups excluding carboxylic acids is 1. The normalized spacial score (nSPS) is 34.8. The molecule has 4 fully saturated rings. The molecule has 1 amide bonds. The highest BCUT2D eigenvalue weighted by molar-refractivity contribution is 9.10. The SMILES string of the molecule is CCn1cc(Br)c(CNC(=O)CC23CC4CC(CC(C4)C2)C3)n1. The predicted octanol–water partition coefficient (Wildman–Crippen LogP) is 3.89. The molecule has 5 rings (SSSR count). The third-order valence-corrected chi connectivity index (χ3v) is 6.93. The lowest BCUT2D eigenvalue weighted by Gasteiger charge is -2.56. The fourth-order valence-corrected chi connectivity index (χ4v) is 6.27. The molecule has 0 unspecified atom stereocenters. The van der Waals surface area contributed by atoms with Crippen LogP contribution < -0.4 is 5.32 Å². The summed E-state index contributed by atoms with van der Waals surface area (Å²) in [5, 5.41) is 7.59. The van der Waals surface area contributed by atoms with Gasteiger partial charge in [-0.05, 0) is 84.5 Å². The molecule has 1 aromatic rings. The minimum absolute atomic E-state index is 0.213. The van der Waals surface area contributed by atoms with Crippen molar-refractivity contribution >= 4 is 21.8 Å². The largest absolute Gasteiger partial charge is 0.350 e. The first kappa shape index (κ1) is 15.7. The van der Waals surface area contributed by atoms with E-state index >= 15 is 0 Å². The number of amides is 1. The molecule has 0 radical (unpaired) electrons. The molecule has 4 saturated carbocycles. The molecule has 126 valence electrons. The van der Waals surface area contributed by atoms with Crippen LogP contribution in [0.1, 0.15) is 57.6 Å². The summed E-state index contributed by atoms with van der Waals surface area (Å²) in [5.74, 6) is 2.93. The smallest absolute Gasteiger partial charge is 0.220 e. The van der Waals surface area contributed by atoms with Crippen molar-refractivity contribution in [2.45, 2.75) is 65.0 Å². The lowest BCUT2D eigenvalue weighted by atomic mass is 9.49. The van der Waals surface area contributed by atoms with Gasteiger partial charge in [0.05, 0.1) is 16.7 Å². The number of carbonyl (C=O) groups is 1. The van der Waals surface area contributed by atoms with Crippen LogP contribution in [0.25, 0.3) is 0 Å². The minimum atomic E-state index is 0.213. The Bertz CT molecular complexity index is 574. The second-order valence-electron chi connectivity index (χ2n) is 8.15. The number of aryl methyl sites for hydroxylation is 1. The van der Waals surface area contributed by atoms with Gasteiger partial charge in [-0.15, -0.1) is 0 Å². The summed E-state index contributed by atoms with van der Waals surface area (Å²) < 4.78 is 2.87. The first-order chi connectivity index (χ1) is 11.0. The van der Waals surface area contributed by atoms with Gasteiger partial charge in [0, 0.05) is 19.2 Å².